The van der Waals surface area contributed by atoms with Crippen LogP contribution < -0.4 is 5.32 Å². The molecule has 8 atom stereocenters. The lowest BCUT2D eigenvalue weighted by atomic mass is 9.99. The summed E-state index contributed by atoms with van der Waals surface area (Å²) in [5, 5.41) is 57.3. The number of nitrogens with one attached hydrogen (secondary N) is 1. The number of unbranched alkanes of at least 4 members (excludes halogenated alkanes) is 41. The standard InChI is InChI=1S/C78H141NO10/c1-4-7-10-13-16-19-22-24-26-28-30-32-34-35-36-37-38-40-42-44-46-48-51-54-57-60-63-66-73(83)89-76-75(85)74(84)72(67-80)88-78(76)87-68-69(70(81)64-61-58-55-52-49-21-18-15-12-9-6-3)79-77(86)71(82)65-62-59-56-53-50-47-45-43-41-39-33-31-29-27-25-23-20-17-14-11-8-5-2/h16,19,24-27,30,32,35-36,61,64,69-72,74-76,78,80-82,84-85H,4-15,17-18,20-23,28-29,31,33-34,37-60,62-63,65-68H2,1-3H3,(H,79,86)/b19-16-,26-24-,27-25+,32-30-,36-35-,64-61+. The summed E-state index contributed by atoms with van der Waals surface area (Å²) in [7, 11) is 0. The van der Waals surface area contributed by atoms with E-state index in [1.807, 2.05) is 6.08 Å². The Balaban J connectivity index is 2.51. The summed E-state index contributed by atoms with van der Waals surface area (Å²) in [6, 6.07) is -1.03. The van der Waals surface area contributed by atoms with Gasteiger partial charge in [0.25, 0.3) is 0 Å². The Morgan fingerprint density at radius 3 is 1.19 bits per heavy atom. The molecule has 0 aromatic rings. The Morgan fingerprint density at radius 1 is 0.438 bits per heavy atom. The molecule has 6 N–H and O–H groups in total. The third-order valence-electron chi connectivity index (χ3n) is 17.6. The van der Waals surface area contributed by atoms with Crippen molar-refractivity contribution in [3.63, 3.8) is 0 Å². The van der Waals surface area contributed by atoms with Gasteiger partial charge in [-0.05, 0) is 96.3 Å². The molecule has 0 aromatic carbocycles. The number of allylic oxidation sites excluding steroid dienone is 11. The lowest BCUT2D eigenvalue weighted by Crippen LogP contribution is -2.61. The van der Waals surface area contributed by atoms with Crippen LogP contribution in [0.25, 0.3) is 0 Å². The number of amides is 1. The van der Waals surface area contributed by atoms with E-state index in [9.17, 15) is 35.1 Å². The van der Waals surface area contributed by atoms with Crippen molar-refractivity contribution in [3.8, 4) is 0 Å². The Hall–Kier alpha value is -2.90. The van der Waals surface area contributed by atoms with E-state index >= 15 is 0 Å². The predicted octanol–water partition coefficient (Wildman–Crippen LogP) is 19.9. The molecule has 0 spiro atoms. The van der Waals surface area contributed by atoms with Crippen LogP contribution >= 0.6 is 0 Å². The van der Waals surface area contributed by atoms with Crippen molar-refractivity contribution < 1.29 is 49.3 Å². The molecule has 8 unspecified atom stereocenters. The fraction of sp³-hybridized carbons (Fsp3) is 0.821. The number of aliphatic hydroxyl groups is 5. The van der Waals surface area contributed by atoms with Crippen molar-refractivity contribution in [2.45, 2.75) is 397 Å². The summed E-state index contributed by atoms with van der Waals surface area (Å²) >= 11 is 0. The van der Waals surface area contributed by atoms with Gasteiger partial charge in [0.1, 0.15) is 24.4 Å². The molecule has 1 heterocycles. The first-order chi connectivity index (χ1) is 43.7. The third-order valence-corrected chi connectivity index (χ3v) is 17.6. The van der Waals surface area contributed by atoms with Gasteiger partial charge in [-0.1, -0.05) is 318 Å². The number of rotatable bonds is 65. The monoisotopic (exact) mass is 1250 g/mol. The van der Waals surface area contributed by atoms with Crippen LogP contribution in [0.3, 0.4) is 0 Å². The second-order valence-electron chi connectivity index (χ2n) is 26.0. The molecule has 0 bridgehead atoms. The van der Waals surface area contributed by atoms with E-state index in [4.69, 9.17) is 14.2 Å². The molecule has 1 fully saturated rings. The van der Waals surface area contributed by atoms with E-state index < -0.39 is 67.4 Å². The van der Waals surface area contributed by atoms with Crippen molar-refractivity contribution in [2.24, 2.45) is 0 Å². The topological polar surface area (TPSA) is 175 Å². The third kappa shape index (κ3) is 52.2. The molecule has 89 heavy (non-hydrogen) atoms. The zero-order valence-corrected chi connectivity index (χ0v) is 57.8. The van der Waals surface area contributed by atoms with Crippen LogP contribution in [0.2, 0.25) is 0 Å². The average molecular weight is 1250 g/mol. The minimum absolute atomic E-state index is 0.119. The van der Waals surface area contributed by atoms with Crippen molar-refractivity contribution in [3.05, 3.63) is 72.9 Å². The smallest absolute Gasteiger partial charge is 0.306 e. The zero-order valence-electron chi connectivity index (χ0n) is 57.8. The highest BCUT2D eigenvalue weighted by atomic mass is 16.7. The Labute approximate surface area is 547 Å². The van der Waals surface area contributed by atoms with Crippen LogP contribution in [0.15, 0.2) is 72.9 Å². The van der Waals surface area contributed by atoms with E-state index in [-0.39, 0.29) is 13.0 Å². The van der Waals surface area contributed by atoms with Crippen LogP contribution in [0, 0.1) is 0 Å². The van der Waals surface area contributed by atoms with Gasteiger partial charge in [0.15, 0.2) is 12.4 Å². The fourth-order valence-electron chi connectivity index (χ4n) is 11.6. The van der Waals surface area contributed by atoms with Crippen molar-refractivity contribution in [1.29, 1.82) is 0 Å². The molecule has 1 rings (SSSR count). The highest BCUT2D eigenvalue weighted by Gasteiger charge is 2.47. The van der Waals surface area contributed by atoms with Gasteiger partial charge >= 0.3 is 5.97 Å². The second kappa shape index (κ2) is 65.2. The zero-order chi connectivity index (χ0) is 64.6. The van der Waals surface area contributed by atoms with E-state index in [0.29, 0.717) is 19.3 Å². The van der Waals surface area contributed by atoms with Gasteiger partial charge < -0.3 is 45.1 Å². The van der Waals surface area contributed by atoms with E-state index in [0.717, 1.165) is 83.5 Å². The molecule has 1 aliphatic rings. The SMILES string of the molecule is CCCCC/C=C\C/C=C\C/C=C\C/C=C\CCCCCCCCCCCCCC(=O)OC1C(OCC(NC(=O)C(O)CCCCCCCCCCCCCC/C=C/CCCCCCCC)C(O)/C=C/CCCCCCCCCCC)OC(CO)C(O)C1O. The molecule has 11 nitrogen and oxygen atoms in total. The normalized spacial score (nSPS) is 18.5. The van der Waals surface area contributed by atoms with Gasteiger partial charge in [0.2, 0.25) is 5.91 Å². The first-order valence-corrected chi connectivity index (χ1v) is 37.7. The van der Waals surface area contributed by atoms with Crippen LogP contribution in [0.5, 0.6) is 0 Å². The molecule has 11 heteroatoms. The summed E-state index contributed by atoms with van der Waals surface area (Å²) in [4.78, 5) is 26.7. The van der Waals surface area contributed by atoms with Gasteiger partial charge in [-0.15, -0.1) is 0 Å². The largest absolute Gasteiger partial charge is 0.454 e. The van der Waals surface area contributed by atoms with E-state index in [1.54, 1.807) is 6.08 Å². The number of aliphatic hydroxyl groups excluding tert-OH is 5. The summed E-state index contributed by atoms with van der Waals surface area (Å²) in [6.45, 7) is 5.79. The maximum atomic E-state index is 13.5. The quantitative estimate of drug-likeness (QED) is 0.0195. The first kappa shape index (κ1) is 84.1. The van der Waals surface area contributed by atoms with Crippen molar-refractivity contribution >= 4 is 11.9 Å². The molecule has 1 aliphatic heterocycles. The summed E-state index contributed by atoms with van der Waals surface area (Å²) in [5.74, 6) is -1.19. The number of hydrogen-bond donors (Lipinski definition) is 6. The van der Waals surface area contributed by atoms with Crippen LogP contribution in [-0.2, 0) is 23.8 Å². The Morgan fingerprint density at radius 2 is 0.775 bits per heavy atom. The molecule has 0 aliphatic carbocycles. The van der Waals surface area contributed by atoms with Gasteiger partial charge in [0, 0.05) is 6.42 Å². The van der Waals surface area contributed by atoms with Crippen LogP contribution in [0.4, 0.5) is 0 Å². The molecule has 518 valence electrons. The van der Waals surface area contributed by atoms with Crippen molar-refractivity contribution in [1.82, 2.24) is 5.32 Å². The predicted molar refractivity (Wildman–Crippen MR) is 375 cm³/mol. The van der Waals surface area contributed by atoms with Gasteiger partial charge in [0.05, 0.1) is 25.4 Å². The maximum absolute atomic E-state index is 13.5. The molecule has 1 saturated heterocycles. The highest BCUT2D eigenvalue weighted by molar-refractivity contribution is 5.80. The van der Waals surface area contributed by atoms with Gasteiger partial charge in [-0.3, -0.25) is 9.59 Å². The molecule has 0 saturated carbocycles. The number of hydrogen-bond acceptors (Lipinski definition) is 10. The summed E-state index contributed by atoms with van der Waals surface area (Å²) in [6.07, 6.45) is 75.2. The minimum atomic E-state index is -1.62. The van der Waals surface area contributed by atoms with Crippen LogP contribution in [0.1, 0.15) is 348 Å². The number of carbonyl (C=O) groups excluding carboxylic acids is 2. The molecule has 0 aromatic heterocycles. The number of esters is 1. The summed E-state index contributed by atoms with van der Waals surface area (Å²) < 4.78 is 17.7. The average Bonchev–Trinajstić information content (AvgIpc) is 1.43. The molecule has 0 radical (unpaired) electrons. The van der Waals surface area contributed by atoms with E-state index in [2.05, 4.69) is 86.8 Å². The fourth-order valence-corrected chi connectivity index (χ4v) is 11.6. The molecular weight excluding hydrogens is 1110 g/mol. The van der Waals surface area contributed by atoms with Gasteiger partial charge in [-0.25, -0.2) is 0 Å². The van der Waals surface area contributed by atoms with E-state index in [1.165, 1.54) is 218 Å². The van der Waals surface area contributed by atoms with Gasteiger partial charge in [-0.2, -0.15) is 0 Å². The molecule has 1 amide bonds. The minimum Gasteiger partial charge on any atom is -0.454 e. The first-order valence-electron chi connectivity index (χ1n) is 37.7. The Bertz CT molecular complexity index is 1730. The molecular formula is C78H141NO10. The van der Waals surface area contributed by atoms with Crippen molar-refractivity contribution in [2.75, 3.05) is 13.2 Å². The lowest BCUT2D eigenvalue weighted by Gasteiger charge is -2.41. The van der Waals surface area contributed by atoms with Crippen LogP contribution in [-0.4, -0.2) is 99.6 Å². The number of carbonyl (C=O) groups is 2. The highest BCUT2D eigenvalue weighted by Crippen LogP contribution is 2.26. The lowest BCUT2D eigenvalue weighted by molar-refractivity contribution is -0.305. The summed E-state index contributed by atoms with van der Waals surface area (Å²) in [5.41, 5.74) is 0. The number of ether oxygens (including phenoxy) is 3. The maximum Gasteiger partial charge on any atom is 0.306 e. The second-order valence-corrected chi connectivity index (χ2v) is 26.0. The Kier molecular flexibility index (Phi) is 61.6.